The minimum Gasteiger partial charge on any atom is -0.491 e. The molecule has 1 aliphatic rings. The number of rotatable bonds is 9. The van der Waals surface area contributed by atoms with E-state index in [2.05, 4.69) is 5.48 Å². The first-order chi connectivity index (χ1) is 13.5. The maximum Gasteiger partial charge on any atom is 0.465 e. The smallest absolute Gasteiger partial charge is 0.465 e. The molecule has 0 unspecified atom stereocenters. The molecule has 1 aliphatic heterocycles. The number of hydroxylamine groups is 1. The summed E-state index contributed by atoms with van der Waals surface area (Å²) in [5, 5.41) is 0.284. The second-order valence-electron chi connectivity index (χ2n) is 7.96. The zero-order valence-corrected chi connectivity index (χ0v) is 18.2. The average Bonchev–Trinajstić information content (AvgIpc) is 2.85. The molecule has 1 heterocycles. The van der Waals surface area contributed by atoms with Crippen LogP contribution < -0.4 is 16.0 Å². The van der Waals surface area contributed by atoms with E-state index >= 15 is 0 Å². The van der Waals surface area contributed by atoms with E-state index in [-0.39, 0.29) is 29.7 Å². The van der Waals surface area contributed by atoms with Crippen LogP contribution >= 0.6 is 11.6 Å². The van der Waals surface area contributed by atoms with Gasteiger partial charge in [-0.25, -0.2) is 9.87 Å². The van der Waals surface area contributed by atoms with E-state index < -0.39 is 36.2 Å². The Bertz CT molecular complexity index is 706. The van der Waals surface area contributed by atoms with E-state index in [9.17, 15) is 9.18 Å². The largest absolute Gasteiger partial charge is 0.491 e. The van der Waals surface area contributed by atoms with E-state index in [4.69, 9.17) is 36.2 Å². The number of halogens is 2. The molecule has 0 radical (unpaired) electrons. The lowest BCUT2D eigenvalue weighted by Gasteiger charge is -2.32. The van der Waals surface area contributed by atoms with Crippen molar-refractivity contribution < 1.29 is 28.1 Å². The van der Waals surface area contributed by atoms with E-state index in [0.717, 1.165) is 0 Å². The molecule has 0 aromatic heterocycles. The van der Waals surface area contributed by atoms with E-state index in [0.29, 0.717) is 6.42 Å². The standard InChI is InChI=1S/C19H29BClFN2O5/c1-6-16(25)24-27-17(23)13(20-28-18(2,3)19(4,5)29-20)9-10-26-15-8-7-12(21)11-14(15)22/h7-8,11,13,17H,6,9-10,23H2,1-5H3,(H,24,25)/t13-,17+/m0/s1. The topological polar surface area (TPSA) is 92.0 Å². The fourth-order valence-electron chi connectivity index (χ4n) is 2.71. The predicted octanol–water partition coefficient (Wildman–Crippen LogP) is 3.45. The predicted molar refractivity (Wildman–Crippen MR) is 109 cm³/mol. The maximum absolute atomic E-state index is 13.9. The quantitative estimate of drug-likeness (QED) is 0.354. The van der Waals surface area contributed by atoms with Crippen LogP contribution in [0.15, 0.2) is 18.2 Å². The maximum atomic E-state index is 13.9. The van der Waals surface area contributed by atoms with Crippen molar-refractivity contribution in [1.29, 1.82) is 0 Å². The molecular weight excluding hydrogens is 401 g/mol. The first-order valence-electron chi connectivity index (χ1n) is 9.60. The highest BCUT2D eigenvalue weighted by molar-refractivity contribution is 6.47. The summed E-state index contributed by atoms with van der Waals surface area (Å²) in [4.78, 5) is 16.8. The van der Waals surface area contributed by atoms with Crippen molar-refractivity contribution in [3.05, 3.63) is 29.0 Å². The molecule has 3 N–H and O–H groups in total. The van der Waals surface area contributed by atoms with Crippen LogP contribution in [-0.2, 0) is 18.9 Å². The van der Waals surface area contributed by atoms with Crippen molar-refractivity contribution in [2.75, 3.05) is 6.61 Å². The van der Waals surface area contributed by atoms with Crippen LogP contribution in [-0.4, -0.2) is 37.1 Å². The molecule has 10 heteroatoms. The van der Waals surface area contributed by atoms with Gasteiger partial charge in [-0.2, -0.15) is 0 Å². The molecule has 2 atom stereocenters. The third-order valence-electron chi connectivity index (χ3n) is 5.28. The van der Waals surface area contributed by atoms with Crippen molar-refractivity contribution >= 4 is 24.6 Å². The van der Waals surface area contributed by atoms with Crippen LogP contribution in [0.5, 0.6) is 5.75 Å². The zero-order chi connectivity index (χ0) is 21.8. The molecule has 29 heavy (non-hydrogen) atoms. The third kappa shape index (κ3) is 6.05. The molecule has 1 saturated heterocycles. The van der Waals surface area contributed by atoms with Crippen LogP contribution in [0.25, 0.3) is 0 Å². The van der Waals surface area contributed by atoms with Gasteiger partial charge in [0.1, 0.15) is 6.23 Å². The van der Waals surface area contributed by atoms with Crippen LogP contribution in [0.4, 0.5) is 4.39 Å². The second-order valence-corrected chi connectivity index (χ2v) is 8.40. The molecule has 1 fully saturated rings. The molecule has 0 bridgehead atoms. The molecule has 0 spiro atoms. The van der Waals surface area contributed by atoms with Crippen molar-refractivity contribution in [2.24, 2.45) is 5.73 Å². The van der Waals surface area contributed by atoms with Crippen LogP contribution in [0.3, 0.4) is 0 Å². The second kappa shape index (κ2) is 9.62. The molecule has 1 aromatic rings. The van der Waals surface area contributed by atoms with Crippen LogP contribution in [0.2, 0.25) is 10.8 Å². The molecule has 0 saturated carbocycles. The van der Waals surface area contributed by atoms with Gasteiger partial charge >= 0.3 is 7.12 Å². The number of ether oxygens (including phenoxy) is 1. The zero-order valence-electron chi connectivity index (χ0n) is 17.5. The lowest BCUT2D eigenvalue weighted by atomic mass is 9.69. The number of hydrogen-bond acceptors (Lipinski definition) is 6. The fraction of sp³-hybridized carbons (Fsp3) is 0.632. The summed E-state index contributed by atoms with van der Waals surface area (Å²) in [6.45, 7) is 9.53. The van der Waals surface area contributed by atoms with Gasteiger partial charge in [-0.05, 0) is 52.3 Å². The number of nitrogens with one attached hydrogen (secondary N) is 1. The van der Waals surface area contributed by atoms with Gasteiger partial charge in [0.05, 0.1) is 17.8 Å². The van der Waals surface area contributed by atoms with Crippen molar-refractivity contribution in [3.63, 3.8) is 0 Å². The Morgan fingerprint density at radius 1 is 1.31 bits per heavy atom. The molecule has 7 nitrogen and oxygen atoms in total. The number of amides is 1. The minimum atomic E-state index is -0.918. The van der Waals surface area contributed by atoms with E-state index in [1.165, 1.54) is 12.1 Å². The summed E-state index contributed by atoms with van der Waals surface area (Å²) in [5.41, 5.74) is 7.35. The highest BCUT2D eigenvalue weighted by Gasteiger charge is 2.55. The summed E-state index contributed by atoms with van der Waals surface area (Å²) in [5.74, 6) is -1.26. The molecule has 2 rings (SSSR count). The highest BCUT2D eigenvalue weighted by Crippen LogP contribution is 2.41. The summed E-state index contributed by atoms with van der Waals surface area (Å²) in [6.07, 6.45) is -0.326. The molecule has 0 aliphatic carbocycles. The van der Waals surface area contributed by atoms with Gasteiger partial charge in [0, 0.05) is 17.3 Å². The molecular formula is C19H29BClFN2O5. The Labute approximate surface area is 176 Å². The lowest BCUT2D eigenvalue weighted by Crippen LogP contribution is -2.44. The first-order valence-corrected chi connectivity index (χ1v) is 9.98. The highest BCUT2D eigenvalue weighted by atomic mass is 35.5. The third-order valence-corrected chi connectivity index (χ3v) is 5.51. The average molecular weight is 431 g/mol. The minimum absolute atomic E-state index is 0.0795. The Kier molecular flexibility index (Phi) is 7.92. The van der Waals surface area contributed by atoms with Gasteiger partial charge in [-0.3, -0.25) is 9.63 Å². The Balaban J connectivity index is 2.07. The lowest BCUT2D eigenvalue weighted by molar-refractivity contribution is -0.138. The van der Waals surface area contributed by atoms with Gasteiger partial charge in [0.2, 0.25) is 5.91 Å². The molecule has 1 aromatic carbocycles. The summed E-state index contributed by atoms with van der Waals surface area (Å²) in [6, 6.07) is 4.18. The number of carbonyl (C=O) groups excluding carboxylic acids is 1. The number of nitrogens with two attached hydrogens (primary N) is 1. The van der Waals surface area contributed by atoms with Crippen molar-refractivity contribution in [1.82, 2.24) is 5.48 Å². The van der Waals surface area contributed by atoms with E-state index in [1.54, 1.807) is 13.0 Å². The fourth-order valence-corrected chi connectivity index (χ4v) is 2.87. The van der Waals surface area contributed by atoms with Gasteiger partial charge < -0.3 is 19.8 Å². The van der Waals surface area contributed by atoms with Crippen molar-refractivity contribution in [2.45, 2.75) is 70.7 Å². The van der Waals surface area contributed by atoms with Gasteiger partial charge in [-0.1, -0.05) is 18.5 Å². The molecule has 162 valence electrons. The SMILES string of the molecule is CCC(=O)NO[C@@H](N)[C@H](CCOc1ccc(Cl)cc1F)B1OC(C)(C)C(C)(C)O1. The number of benzene rings is 1. The number of hydrogen-bond donors (Lipinski definition) is 2. The molecule has 1 amide bonds. The van der Waals surface area contributed by atoms with Crippen molar-refractivity contribution in [3.8, 4) is 5.75 Å². The summed E-state index contributed by atoms with van der Waals surface area (Å²) < 4.78 is 31.6. The Hall–Kier alpha value is -1.39. The monoisotopic (exact) mass is 430 g/mol. The van der Waals surface area contributed by atoms with Gasteiger partial charge in [0.25, 0.3) is 0 Å². The normalized spacial score (nSPS) is 19.7. The Morgan fingerprint density at radius 2 is 1.93 bits per heavy atom. The van der Waals surface area contributed by atoms with E-state index in [1.807, 2.05) is 27.7 Å². The van der Waals surface area contributed by atoms with Gasteiger partial charge in [0.15, 0.2) is 11.6 Å². The summed E-state index contributed by atoms with van der Waals surface area (Å²) >= 11 is 5.76. The first kappa shape index (κ1) is 23.9. The summed E-state index contributed by atoms with van der Waals surface area (Å²) in [7, 11) is -0.688. The number of carbonyl (C=O) groups is 1. The van der Waals surface area contributed by atoms with Gasteiger partial charge in [-0.15, -0.1) is 0 Å². The van der Waals surface area contributed by atoms with Crippen LogP contribution in [0, 0.1) is 5.82 Å². The van der Waals surface area contributed by atoms with Crippen LogP contribution in [0.1, 0.15) is 47.5 Å². The Morgan fingerprint density at radius 3 is 2.48 bits per heavy atom.